The van der Waals surface area contributed by atoms with E-state index in [1.165, 1.54) is 0 Å². The second kappa shape index (κ2) is 9.57. The standard InChI is InChI=1S/C11H26N4O/c1-10(2)14-9-11(16)13-6-8-15(4)7-5-12-3/h10,12,14H,5-9H2,1-4H3,(H,13,16). The number of nitrogens with zero attached hydrogens (tertiary/aromatic N) is 1. The van der Waals surface area contributed by atoms with E-state index in [1.54, 1.807) is 0 Å². The van der Waals surface area contributed by atoms with Crippen LogP contribution in [-0.2, 0) is 4.79 Å². The Morgan fingerprint density at radius 2 is 1.88 bits per heavy atom. The van der Waals surface area contributed by atoms with Gasteiger partial charge in [0.1, 0.15) is 0 Å². The fourth-order valence-electron chi connectivity index (χ4n) is 1.16. The lowest BCUT2D eigenvalue weighted by Crippen LogP contribution is -2.40. The molecule has 0 aliphatic rings. The molecule has 3 N–H and O–H groups in total. The molecule has 1 amide bonds. The Labute approximate surface area is 99.0 Å². The van der Waals surface area contributed by atoms with Crippen LogP contribution < -0.4 is 16.0 Å². The molecule has 0 rings (SSSR count). The Morgan fingerprint density at radius 3 is 2.44 bits per heavy atom. The van der Waals surface area contributed by atoms with Crippen LogP contribution >= 0.6 is 0 Å². The van der Waals surface area contributed by atoms with Crippen LogP contribution in [-0.4, -0.2) is 63.7 Å². The quantitative estimate of drug-likeness (QED) is 0.488. The zero-order valence-corrected chi connectivity index (χ0v) is 11.0. The average Bonchev–Trinajstić information content (AvgIpc) is 2.23. The molecule has 5 heteroatoms. The van der Waals surface area contributed by atoms with Gasteiger partial charge in [0.25, 0.3) is 0 Å². The summed E-state index contributed by atoms with van der Waals surface area (Å²) in [5, 5.41) is 9.06. The Hall–Kier alpha value is -0.650. The van der Waals surface area contributed by atoms with Crippen LogP contribution in [0.15, 0.2) is 0 Å². The number of carbonyl (C=O) groups excluding carboxylic acids is 1. The summed E-state index contributed by atoms with van der Waals surface area (Å²) in [5.74, 6) is 0.0655. The van der Waals surface area contributed by atoms with Gasteiger partial charge < -0.3 is 20.9 Å². The molecule has 0 aliphatic carbocycles. The average molecular weight is 230 g/mol. The lowest BCUT2D eigenvalue weighted by atomic mass is 10.4. The number of rotatable bonds is 9. The number of nitrogens with one attached hydrogen (secondary N) is 3. The molecule has 0 atom stereocenters. The van der Waals surface area contributed by atoms with E-state index in [0.29, 0.717) is 19.1 Å². The van der Waals surface area contributed by atoms with Crippen molar-refractivity contribution < 1.29 is 4.79 Å². The van der Waals surface area contributed by atoms with E-state index >= 15 is 0 Å². The predicted molar refractivity (Wildman–Crippen MR) is 67.6 cm³/mol. The Balaban J connectivity index is 3.39. The third-order valence-electron chi connectivity index (χ3n) is 2.23. The highest BCUT2D eigenvalue weighted by Gasteiger charge is 2.02. The van der Waals surface area contributed by atoms with Gasteiger partial charge in [-0.25, -0.2) is 0 Å². The SMILES string of the molecule is CNCCN(C)CCNC(=O)CNC(C)C. The highest BCUT2D eigenvalue weighted by Crippen LogP contribution is 1.79. The first-order chi connectivity index (χ1) is 7.56. The minimum absolute atomic E-state index is 0.0655. The zero-order chi connectivity index (χ0) is 12.4. The van der Waals surface area contributed by atoms with Gasteiger partial charge in [0.2, 0.25) is 5.91 Å². The zero-order valence-electron chi connectivity index (χ0n) is 11.0. The molecule has 0 aromatic carbocycles. The van der Waals surface area contributed by atoms with Crippen molar-refractivity contribution in [2.24, 2.45) is 0 Å². The largest absolute Gasteiger partial charge is 0.354 e. The number of amides is 1. The van der Waals surface area contributed by atoms with Crippen molar-refractivity contribution >= 4 is 5.91 Å². The van der Waals surface area contributed by atoms with Gasteiger partial charge in [0.05, 0.1) is 6.54 Å². The summed E-state index contributed by atoms with van der Waals surface area (Å²) in [6.07, 6.45) is 0. The highest BCUT2D eigenvalue weighted by molar-refractivity contribution is 5.77. The molecular weight excluding hydrogens is 204 g/mol. The molecule has 0 bridgehead atoms. The van der Waals surface area contributed by atoms with E-state index < -0.39 is 0 Å². The van der Waals surface area contributed by atoms with E-state index in [4.69, 9.17) is 0 Å². The van der Waals surface area contributed by atoms with E-state index in [9.17, 15) is 4.79 Å². The van der Waals surface area contributed by atoms with E-state index in [1.807, 2.05) is 20.9 Å². The number of hydrogen-bond acceptors (Lipinski definition) is 4. The fraction of sp³-hybridized carbons (Fsp3) is 0.909. The second-order valence-corrected chi connectivity index (χ2v) is 4.29. The van der Waals surface area contributed by atoms with Crippen LogP contribution in [0.5, 0.6) is 0 Å². The molecule has 0 unspecified atom stereocenters. The van der Waals surface area contributed by atoms with Crippen LogP contribution in [0.25, 0.3) is 0 Å². The maximum absolute atomic E-state index is 11.3. The predicted octanol–water partition coefficient (Wildman–Crippen LogP) is -0.748. The summed E-state index contributed by atoms with van der Waals surface area (Å²) in [6.45, 7) is 8.01. The summed E-state index contributed by atoms with van der Waals surface area (Å²) >= 11 is 0. The topological polar surface area (TPSA) is 56.4 Å². The van der Waals surface area contributed by atoms with Crippen molar-refractivity contribution in [1.29, 1.82) is 0 Å². The van der Waals surface area contributed by atoms with Gasteiger partial charge in [-0.1, -0.05) is 13.8 Å². The molecule has 0 heterocycles. The molecule has 16 heavy (non-hydrogen) atoms. The Morgan fingerprint density at radius 1 is 1.25 bits per heavy atom. The summed E-state index contributed by atoms with van der Waals surface area (Å²) in [4.78, 5) is 13.5. The molecule has 96 valence electrons. The van der Waals surface area contributed by atoms with Crippen molar-refractivity contribution in [3.8, 4) is 0 Å². The van der Waals surface area contributed by atoms with Gasteiger partial charge in [0.15, 0.2) is 0 Å². The highest BCUT2D eigenvalue weighted by atomic mass is 16.1. The maximum Gasteiger partial charge on any atom is 0.234 e. The maximum atomic E-state index is 11.3. The molecule has 0 saturated heterocycles. The van der Waals surface area contributed by atoms with Gasteiger partial charge >= 0.3 is 0 Å². The van der Waals surface area contributed by atoms with E-state index in [0.717, 1.165) is 19.6 Å². The normalized spacial score (nSPS) is 11.1. The molecule has 0 aromatic rings. The van der Waals surface area contributed by atoms with Gasteiger partial charge in [0, 0.05) is 32.2 Å². The van der Waals surface area contributed by atoms with Crippen molar-refractivity contribution in [3.63, 3.8) is 0 Å². The summed E-state index contributed by atoms with van der Waals surface area (Å²) < 4.78 is 0. The van der Waals surface area contributed by atoms with Crippen molar-refractivity contribution in [3.05, 3.63) is 0 Å². The van der Waals surface area contributed by atoms with Crippen molar-refractivity contribution in [2.75, 3.05) is 46.8 Å². The fourth-order valence-corrected chi connectivity index (χ4v) is 1.16. The molecular formula is C11H26N4O. The summed E-state index contributed by atoms with van der Waals surface area (Å²) in [6, 6.07) is 0.351. The molecule has 0 saturated carbocycles. The molecule has 5 nitrogen and oxygen atoms in total. The Bertz CT molecular complexity index is 185. The molecule has 0 radical (unpaired) electrons. The molecule has 0 spiro atoms. The van der Waals surface area contributed by atoms with Gasteiger partial charge in [-0.2, -0.15) is 0 Å². The third-order valence-corrected chi connectivity index (χ3v) is 2.23. The monoisotopic (exact) mass is 230 g/mol. The van der Waals surface area contributed by atoms with E-state index in [-0.39, 0.29) is 5.91 Å². The minimum Gasteiger partial charge on any atom is -0.354 e. The number of likely N-dealkylation sites (N-methyl/N-ethyl adjacent to an activating group) is 2. The summed E-state index contributed by atoms with van der Waals surface area (Å²) in [5.41, 5.74) is 0. The van der Waals surface area contributed by atoms with Crippen LogP contribution in [0.1, 0.15) is 13.8 Å². The van der Waals surface area contributed by atoms with Gasteiger partial charge in [-0.05, 0) is 14.1 Å². The number of hydrogen-bond donors (Lipinski definition) is 3. The third kappa shape index (κ3) is 9.89. The first-order valence-corrected chi connectivity index (χ1v) is 5.89. The Kier molecular flexibility index (Phi) is 9.18. The van der Waals surface area contributed by atoms with Gasteiger partial charge in [-0.3, -0.25) is 4.79 Å². The molecule has 0 fully saturated rings. The molecule has 0 aromatic heterocycles. The van der Waals surface area contributed by atoms with Crippen LogP contribution in [0.2, 0.25) is 0 Å². The lowest BCUT2D eigenvalue weighted by Gasteiger charge is -2.16. The minimum atomic E-state index is 0.0655. The number of carbonyl (C=O) groups is 1. The first kappa shape index (κ1) is 15.3. The van der Waals surface area contributed by atoms with Crippen LogP contribution in [0, 0.1) is 0 Å². The van der Waals surface area contributed by atoms with Crippen molar-refractivity contribution in [2.45, 2.75) is 19.9 Å². The molecule has 0 aliphatic heterocycles. The summed E-state index contributed by atoms with van der Waals surface area (Å²) in [7, 11) is 3.99. The van der Waals surface area contributed by atoms with E-state index in [2.05, 4.69) is 27.9 Å². The lowest BCUT2D eigenvalue weighted by molar-refractivity contribution is -0.120. The smallest absolute Gasteiger partial charge is 0.234 e. The second-order valence-electron chi connectivity index (χ2n) is 4.29. The van der Waals surface area contributed by atoms with Crippen LogP contribution in [0.3, 0.4) is 0 Å². The first-order valence-electron chi connectivity index (χ1n) is 5.89. The van der Waals surface area contributed by atoms with Crippen molar-refractivity contribution in [1.82, 2.24) is 20.9 Å². The van der Waals surface area contributed by atoms with Gasteiger partial charge in [-0.15, -0.1) is 0 Å². The van der Waals surface area contributed by atoms with Crippen LogP contribution in [0.4, 0.5) is 0 Å².